The number of benzene rings is 2. The lowest BCUT2D eigenvalue weighted by molar-refractivity contribution is -0.121. The molecule has 0 aliphatic heterocycles. The Balaban J connectivity index is 1.76. The lowest BCUT2D eigenvalue weighted by Crippen LogP contribution is -2.41. The molecule has 0 aliphatic carbocycles. The van der Waals surface area contributed by atoms with Gasteiger partial charge in [0.2, 0.25) is 5.91 Å². The summed E-state index contributed by atoms with van der Waals surface area (Å²) in [6, 6.07) is 14.4. The molecule has 0 heterocycles. The van der Waals surface area contributed by atoms with E-state index in [0.717, 1.165) is 15.8 Å². The molecule has 120 valence electrons. The molecule has 2 rings (SSSR count). The average Bonchev–Trinajstić information content (AvgIpc) is 2.59. The van der Waals surface area contributed by atoms with Gasteiger partial charge in [0.15, 0.2) is 0 Å². The van der Waals surface area contributed by atoms with Crippen LogP contribution in [0.25, 0.3) is 0 Å². The van der Waals surface area contributed by atoms with Crippen LogP contribution in [-0.2, 0) is 11.2 Å². The lowest BCUT2D eigenvalue weighted by atomic mass is 10.1. The number of aryl methyl sites for hydroxylation is 1. The van der Waals surface area contributed by atoms with E-state index in [2.05, 4.69) is 26.8 Å². The molecule has 2 aromatic carbocycles. The van der Waals surface area contributed by atoms with Crippen LogP contribution in [0.2, 0.25) is 0 Å². The first-order valence-electron chi connectivity index (χ1n) is 7.06. The summed E-state index contributed by atoms with van der Waals surface area (Å²) in [7, 11) is 1.61. The minimum atomic E-state index is -0.352. The molecule has 5 nitrogen and oxygen atoms in total. The Hall–Kier alpha value is -2.34. The van der Waals surface area contributed by atoms with Crippen molar-refractivity contribution in [2.24, 2.45) is 0 Å². The van der Waals surface area contributed by atoms with Gasteiger partial charge in [0, 0.05) is 16.5 Å². The van der Waals surface area contributed by atoms with Crippen molar-refractivity contribution in [3.8, 4) is 5.75 Å². The van der Waals surface area contributed by atoms with Gasteiger partial charge in [-0.2, -0.15) is 0 Å². The molecule has 2 aromatic rings. The standard InChI is InChI=1S/C17H17BrN2O3/c1-23-15-9-2-12(3-10-15)4-11-16(21)19-20-17(22)13-5-7-14(18)8-6-13/h2-3,5-10H,4,11H2,1H3,(H,19,21)(H,20,22). The zero-order chi connectivity index (χ0) is 16.7. The summed E-state index contributed by atoms with van der Waals surface area (Å²) in [4.78, 5) is 23.6. The van der Waals surface area contributed by atoms with Crippen molar-refractivity contribution in [2.45, 2.75) is 12.8 Å². The zero-order valence-electron chi connectivity index (χ0n) is 12.6. The van der Waals surface area contributed by atoms with Crippen LogP contribution in [-0.4, -0.2) is 18.9 Å². The molecule has 2 amide bonds. The molecule has 0 unspecified atom stereocenters. The summed E-state index contributed by atoms with van der Waals surface area (Å²) in [5, 5.41) is 0. The first-order chi connectivity index (χ1) is 11.1. The second kappa shape index (κ2) is 8.33. The number of nitrogens with one attached hydrogen (secondary N) is 2. The van der Waals surface area contributed by atoms with Gasteiger partial charge in [-0.05, 0) is 48.4 Å². The van der Waals surface area contributed by atoms with Crippen LogP contribution in [0.5, 0.6) is 5.75 Å². The molecule has 0 aromatic heterocycles. The van der Waals surface area contributed by atoms with Crippen molar-refractivity contribution in [1.29, 1.82) is 0 Å². The van der Waals surface area contributed by atoms with Gasteiger partial charge in [0.1, 0.15) is 5.75 Å². The Bertz CT molecular complexity index is 669. The number of rotatable bonds is 5. The molecule has 0 atom stereocenters. The number of amides is 2. The van der Waals surface area contributed by atoms with Gasteiger partial charge in [0.25, 0.3) is 5.91 Å². The lowest BCUT2D eigenvalue weighted by Gasteiger charge is -2.08. The number of hydrogen-bond acceptors (Lipinski definition) is 3. The molecular formula is C17H17BrN2O3. The predicted octanol–water partition coefficient (Wildman–Crippen LogP) is 2.85. The highest BCUT2D eigenvalue weighted by atomic mass is 79.9. The summed E-state index contributed by atoms with van der Waals surface area (Å²) in [5.41, 5.74) is 6.32. The van der Waals surface area contributed by atoms with E-state index < -0.39 is 0 Å². The third kappa shape index (κ3) is 5.41. The van der Waals surface area contributed by atoms with E-state index in [1.807, 2.05) is 24.3 Å². The van der Waals surface area contributed by atoms with E-state index in [1.54, 1.807) is 31.4 Å². The fourth-order valence-electron chi connectivity index (χ4n) is 1.91. The number of hydrogen-bond donors (Lipinski definition) is 2. The molecular weight excluding hydrogens is 360 g/mol. The maximum atomic E-state index is 11.9. The van der Waals surface area contributed by atoms with Crippen LogP contribution in [0.4, 0.5) is 0 Å². The van der Waals surface area contributed by atoms with Gasteiger partial charge in [-0.3, -0.25) is 20.4 Å². The maximum Gasteiger partial charge on any atom is 0.269 e. The largest absolute Gasteiger partial charge is 0.497 e. The minimum Gasteiger partial charge on any atom is -0.497 e. The molecule has 0 aliphatic rings. The van der Waals surface area contributed by atoms with Gasteiger partial charge >= 0.3 is 0 Å². The van der Waals surface area contributed by atoms with Gasteiger partial charge < -0.3 is 4.74 Å². The Labute approximate surface area is 143 Å². The van der Waals surface area contributed by atoms with E-state index in [4.69, 9.17) is 4.74 Å². The number of ether oxygens (including phenoxy) is 1. The molecule has 6 heteroatoms. The predicted molar refractivity (Wildman–Crippen MR) is 91.1 cm³/mol. The van der Waals surface area contributed by atoms with E-state index >= 15 is 0 Å². The summed E-state index contributed by atoms with van der Waals surface area (Å²) in [6.07, 6.45) is 0.872. The van der Waals surface area contributed by atoms with Crippen molar-refractivity contribution in [3.63, 3.8) is 0 Å². The fourth-order valence-corrected chi connectivity index (χ4v) is 2.18. The maximum absolute atomic E-state index is 11.9. The van der Waals surface area contributed by atoms with Crippen LogP contribution >= 0.6 is 15.9 Å². The van der Waals surface area contributed by atoms with E-state index in [0.29, 0.717) is 12.0 Å². The van der Waals surface area contributed by atoms with Crippen molar-refractivity contribution in [1.82, 2.24) is 10.9 Å². The van der Waals surface area contributed by atoms with Crippen LogP contribution in [0, 0.1) is 0 Å². The van der Waals surface area contributed by atoms with Gasteiger partial charge in [-0.1, -0.05) is 28.1 Å². The van der Waals surface area contributed by atoms with E-state index in [-0.39, 0.29) is 18.2 Å². The zero-order valence-corrected chi connectivity index (χ0v) is 14.2. The molecule has 0 saturated carbocycles. The molecule has 0 bridgehead atoms. The molecule has 2 N–H and O–H groups in total. The highest BCUT2D eigenvalue weighted by Crippen LogP contribution is 2.12. The topological polar surface area (TPSA) is 67.4 Å². The Morgan fingerprint density at radius 2 is 1.65 bits per heavy atom. The number of halogens is 1. The van der Waals surface area contributed by atoms with Crippen LogP contribution in [0.15, 0.2) is 53.0 Å². The number of methoxy groups -OCH3 is 1. The average molecular weight is 377 g/mol. The summed E-state index contributed by atoms with van der Waals surface area (Å²) in [6.45, 7) is 0. The second-order valence-electron chi connectivity index (χ2n) is 4.86. The van der Waals surface area contributed by atoms with Crippen LogP contribution < -0.4 is 15.6 Å². The van der Waals surface area contributed by atoms with Crippen molar-refractivity contribution < 1.29 is 14.3 Å². The number of carbonyl (C=O) groups is 2. The van der Waals surface area contributed by atoms with Crippen molar-refractivity contribution >= 4 is 27.7 Å². The first-order valence-corrected chi connectivity index (χ1v) is 7.85. The Kier molecular flexibility index (Phi) is 6.17. The monoisotopic (exact) mass is 376 g/mol. The highest BCUT2D eigenvalue weighted by molar-refractivity contribution is 9.10. The fraction of sp³-hybridized carbons (Fsp3) is 0.176. The van der Waals surface area contributed by atoms with E-state index in [9.17, 15) is 9.59 Å². The molecule has 0 radical (unpaired) electrons. The molecule has 23 heavy (non-hydrogen) atoms. The van der Waals surface area contributed by atoms with Crippen molar-refractivity contribution in [3.05, 3.63) is 64.1 Å². The number of carbonyl (C=O) groups excluding carboxylic acids is 2. The Morgan fingerprint density at radius 1 is 1.00 bits per heavy atom. The smallest absolute Gasteiger partial charge is 0.269 e. The second-order valence-corrected chi connectivity index (χ2v) is 5.77. The molecule has 0 saturated heterocycles. The van der Waals surface area contributed by atoms with Gasteiger partial charge in [-0.25, -0.2) is 0 Å². The third-order valence-corrected chi connectivity index (χ3v) is 3.75. The third-order valence-electron chi connectivity index (χ3n) is 3.22. The normalized spacial score (nSPS) is 10.0. The highest BCUT2D eigenvalue weighted by Gasteiger charge is 2.07. The van der Waals surface area contributed by atoms with Gasteiger partial charge in [0.05, 0.1) is 7.11 Å². The van der Waals surface area contributed by atoms with Crippen LogP contribution in [0.3, 0.4) is 0 Å². The quantitative estimate of drug-likeness (QED) is 0.788. The molecule has 0 fully saturated rings. The summed E-state index contributed by atoms with van der Waals surface area (Å²) < 4.78 is 5.97. The SMILES string of the molecule is COc1ccc(CCC(=O)NNC(=O)c2ccc(Br)cc2)cc1. The van der Waals surface area contributed by atoms with E-state index in [1.165, 1.54) is 0 Å². The van der Waals surface area contributed by atoms with Crippen molar-refractivity contribution in [2.75, 3.05) is 7.11 Å². The summed E-state index contributed by atoms with van der Waals surface area (Å²) >= 11 is 3.30. The van der Waals surface area contributed by atoms with Gasteiger partial charge in [-0.15, -0.1) is 0 Å². The summed E-state index contributed by atoms with van der Waals surface area (Å²) in [5.74, 6) is 0.182. The Morgan fingerprint density at radius 3 is 2.26 bits per heavy atom. The first kappa shape index (κ1) is 17.0. The molecule has 0 spiro atoms. The van der Waals surface area contributed by atoms with Crippen LogP contribution in [0.1, 0.15) is 22.3 Å². The minimum absolute atomic E-state index is 0.244. The number of hydrazine groups is 1.